The van der Waals surface area contributed by atoms with Crippen molar-refractivity contribution in [2.24, 2.45) is 0 Å². The minimum absolute atomic E-state index is 0.0827. The van der Waals surface area contributed by atoms with Gasteiger partial charge < -0.3 is 15.0 Å². The second kappa shape index (κ2) is 6.97. The van der Waals surface area contributed by atoms with Crippen molar-refractivity contribution in [3.63, 3.8) is 0 Å². The fourth-order valence-corrected chi connectivity index (χ4v) is 3.18. The second-order valence-electron chi connectivity index (χ2n) is 5.69. The van der Waals surface area contributed by atoms with Gasteiger partial charge in [0.25, 0.3) is 5.91 Å². The lowest BCUT2D eigenvalue weighted by Gasteiger charge is -2.32. The number of ether oxygens (including phenoxy) is 1. The van der Waals surface area contributed by atoms with Crippen LogP contribution in [0.1, 0.15) is 19.4 Å². The number of amides is 1. The Kier molecular flexibility index (Phi) is 5.49. The van der Waals surface area contributed by atoms with Crippen molar-refractivity contribution in [2.45, 2.75) is 33.0 Å². The highest BCUT2D eigenvalue weighted by molar-refractivity contribution is 6.40. The molecule has 3 atom stereocenters. The minimum Gasteiger partial charge on any atom is -0.364 e. The molecule has 6 heteroatoms. The van der Waals surface area contributed by atoms with Crippen LogP contribution in [-0.4, -0.2) is 37.7 Å². The van der Waals surface area contributed by atoms with Gasteiger partial charge in [0.1, 0.15) is 25.3 Å². The molecule has 4 nitrogen and oxygen atoms in total. The molecular formula is C15H21Cl2N2O2+. The van der Waals surface area contributed by atoms with E-state index in [4.69, 9.17) is 27.9 Å². The molecule has 1 aliphatic heterocycles. The van der Waals surface area contributed by atoms with E-state index in [1.54, 1.807) is 6.07 Å². The number of halogens is 2. The van der Waals surface area contributed by atoms with E-state index >= 15 is 0 Å². The molecule has 0 aliphatic carbocycles. The van der Waals surface area contributed by atoms with E-state index < -0.39 is 0 Å². The number of morpholine rings is 1. The number of rotatable bonds is 3. The highest BCUT2D eigenvalue weighted by atomic mass is 35.5. The molecule has 0 bridgehead atoms. The highest BCUT2D eigenvalue weighted by Crippen LogP contribution is 2.32. The average Bonchev–Trinajstić information content (AvgIpc) is 2.38. The number of nitrogens with one attached hydrogen (secondary N) is 2. The van der Waals surface area contributed by atoms with E-state index in [0.717, 1.165) is 18.7 Å². The van der Waals surface area contributed by atoms with Gasteiger partial charge in [0.05, 0.1) is 15.7 Å². The molecule has 0 spiro atoms. The molecular weight excluding hydrogens is 311 g/mol. The summed E-state index contributed by atoms with van der Waals surface area (Å²) >= 11 is 12.3. The Hall–Kier alpha value is -0.810. The molecule has 1 aromatic rings. The number of carbonyl (C=O) groups is 1. The number of benzene rings is 1. The van der Waals surface area contributed by atoms with Crippen LogP contribution in [0.15, 0.2) is 12.1 Å². The van der Waals surface area contributed by atoms with Crippen LogP contribution in [0.5, 0.6) is 0 Å². The first kappa shape index (κ1) is 16.6. The number of hydrogen-bond acceptors (Lipinski definition) is 2. The van der Waals surface area contributed by atoms with Gasteiger partial charge in [-0.05, 0) is 32.4 Å². The number of carbonyl (C=O) groups excluding carboxylic acids is 1. The smallest absolute Gasteiger partial charge is 0.279 e. The summed E-state index contributed by atoms with van der Waals surface area (Å²) in [6, 6.07) is 3.57. The molecule has 116 valence electrons. The van der Waals surface area contributed by atoms with Gasteiger partial charge in [0, 0.05) is 0 Å². The molecule has 1 heterocycles. The molecule has 1 amide bonds. The quantitative estimate of drug-likeness (QED) is 0.888. The van der Waals surface area contributed by atoms with Gasteiger partial charge in [-0.15, -0.1) is 0 Å². The van der Waals surface area contributed by atoms with Gasteiger partial charge in [-0.2, -0.15) is 0 Å². The summed E-state index contributed by atoms with van der Waals surface area (Å²) in [5.41, 5.74) is 1.38. The van der Waals surface area contributed by atoms with E-state index in [1.165, 1.54) is 4.90 Å². The molecule has 1 aromatic carbocycles. The summed E-state index contributed by atoms with van der Waals surface area (Å²) in [6.45, 7) is 7.98. The molecule has 2 N–H and O–H groups in total. The number of aryl methyl sites for hydroxylation is 1. The van der Waals surface area contributed by atoms with Crippen molar-refractivity contribution >= 4 is 34.8 Å². The lowest BCUT2D eigenvalue weighted by atomic mass is 10.2. The Bertz CT molecular complexity index is 527. The van der Waals surface area contributed by atoms with E-state index in [-0.39, 0.29) is 18.1 Å². The largest absolute Gasteiger partial charge is 0.364 e. The molecule has 1 fully saturated rings. The lowest BCUT2D eigenvalue weighted by Crippen LogP contribution is -3.16. The van der Waals surface area contributed by atoms with Crippen molar-refractivity contribution in [1.82, 2.24) is 0 Å². The third-order valence-electron chi connectivity index (χ3n) is 3.58. The third kappa shape index (κ3) is 4.33. The number of anilines is 1. The van der Waals surface area contributed by atoms with Gasteiger partial charge in [-0.1, -0.05) is 29.3 Å². The molecule has 0 radical (unpaired) electrons. The fourth-order valence-electron chi connectivity index (χ4n) is 2.72. The van der Waals surface area contributed by atoms with Crippen molar-refractivity contribution in [2.75, 3.05) is 25.0 Å². The number of hydrogen-bond donors (Lipinski definition) is 2. The van der Waals surface area contributed by atoms with E-state index in [0.29, 0.717) is 22.3 Å². The maximum Gasteiger partial charge on any atom is 0.279 e. The molecule has 2 rings (SSSR count). The van der Waals surface area contributed by atoms with Crippen LogP contribution in [0.2, 0.25) is 10.0 Å². The highest BCUT2D eigenvalue weighted by Gasteiger charge is 2.27. The zero-order chi connectivity index (χ0) is 15.6. The monoisotopic (exact) mass is 331 g/mol. The Labute approximate surface area is 135 Å². The summed E-state index contributed by atoms with van der Waals surface area (Å²) < 4.78 is 5.68. The van der Waals surface area contributed by atoms with Crippen molar-refractivity contribution in [3.8, 4) is 0 Å². The van der Waals surface area contributed by atoms with Crippen LogP contribution in [0, 0.1) is 6.92 Å². The Morgan fingerprint density at radius 1 is 1.33 bits per heavy atom. The summed E-state index contributed by atoms with van der Waals surface area (Å²) in [4.78, 5) is 13.4. The Balaban J connectivity index is 2.01. The van der Waals surface area contributed by atoms with Gasteiger partial charge in [0.2, 0.25) is 0 Å². The first-order valence-electron chi connectivity index (χ1n) is 7.10. The summed E-state index contributed by atoms with van der Waals surface area (Å²) in [5, 5.41) is 3.78. The van der Waals surface area contributed by atoms with Crippen LogP contribution in [-0.2, 0) is 9.53 Å². The van der Waals surface area contributed by atoms with Gasteiger partial charge >= 0.3 is 0 Å². The van der Waals surface area contributed by atoms with E-state index in [2.05, 4.69) is 5.32 Å². The maximum absolute atomic E-state index is 12.2. The Morgan fingerprint density at radius 3 is 2.57 bits per heavy atom. The van der Waals surface area contributed by atoms with E-state index in [9.17, 15) is 4.79 Å². The predicted octanol–water partition coefficient (Wildman–Crippen LogP) is 1.93. The SMILES string of the molecule is Cc1ccc(Cl)c(NC(=O)C[NH+]2C[C@@H](C)O[C@@H](C)C2)c1Cl. The topological polar surface area (TPSA) is 42.8 Å². The normalized spacial score (nSPS) is 25.7. The lowest BCUT2D eigenvalue weighted by molar-refractivity contribution is -0.907. The van der Waals surface area contributed by atoms with Crippen molar-refractivity contribution in [3.05, 3.63) is 27.7 Å². The average molecular weight is 332 g/mol. The Morgan fingerprint density at radius 2 is 1.95 bits per heavy atom. The van der Waals surface area contributed by atoms with Gasteiger partial charge in [0.15, 0.2) is 6.54 Å². The zero-order valence-corrected chi connectivity index (χ0v) is 14.0. The molecule has 1 aliphatic rings. The maximum atomic E-state index is 12.2. The van der Waals surface area contributed by atoms with Crippen LogP contribution in [0.3, 0.4) is 0 Å². The molecule has 21 heavy (non-hydrogen) atoms. The summed E-state index contributed by atoms with van der Waals surface area (Å²) in [6.07, 6.45) is 0.338. The van der Waals surface area contributed by atoms with Crippen LogP contribution in [0.25, 0.3) is 0 Å². The van der Waals surface area contributed by atoms with Crippen molar-refractivity contribution in [1.29, 1.82) is 0 Å². The van der Waals surface area contributed by atoms with Gasteiger partial charge in [-0.25, -0.2) is 0 Å². The fraction of sp³-hybridized carbons (Fsp3) is 0.533. The van der Waals surface area contributed by atoms with Crippen LogP contribution >= 0.6 is 23.2 Å². The van der Waals surface area contributed by atoms with Crippen LogP contribution in [0.4, 0.5) is 5.69 Å². The second-order valence-corrected chi connectivity index (χ2v) is 6.48. The standard InChI is InChI=1S/C15H20Cl2N2O2/c1-9-4-5-12(16)15(14(9)17)18-13(20)8-19-6-10(2)21-11(3)7-19/h4-5,10-11H,6-8H2,1-3H3,(H,18,20)/p+1/t10-,11+. The van der Waals surface area contributed by atoms with E-state index in [1.807, 2.05) is 26.8 Å². The third-order valence-corrected chi connectivity index (χ3v) is 4.38. The summed E-state index contributed by atoms with van der Waals surface area (Å²) in [7, 11) is 0. The summed E-state index contributed by atoms with van der Waals surface area (Å²) in [5.74, 6) is -0.0827. The predicted molar refractivity (Wildman–Crippen MR) is 85.4 cm³/mol. The molecule has 0 aromatic heterocycles. The molecule has 1 saturated heterocycles. The zero-order valence-electron chi connectivity index (χ0n) is 12.5. The number of quaternary nitrogens is 1. The first-order valence-corrected chi connectivity index (χ1v) is 7.86. The first-order chi connectivity index (χ1) is 9.86. The minimum atomic E-state index is -0.0827. The molecule has 0 saturated carbocycles. The van der Waals surface area contributed by atoms with Crippen LogP contribution < -0.4 is 10.2 Å². The molecule has 1 unspecified atom stereocenters. The van der Waals surface area contributed by atoms with Gasteiger partial charge in [-0.3, -0.25) is 4.79 Å². The van der Waals surface area contributed by atoms with Crippen molar-refractivity contribution < 1.29 is 14.4 Å².